The van der Waals surface area contributed by atoms with Crippen molar-refractivity contribution in [3.05, 3.63) is 120 Å². The minimum Gasteiger partial charge on any atom is -0.312 e. The average molecular weight is 553 g/mol. The molecule has 3 rings (SSSR count). The molecule has 0 N–H and O–H groups in total. The van der Waals surface area contributed by atoms with Gasteiger partial charge in [0.2, 0.25) is 0 Å². The number of quaternary nitrogens is 1. The number of hydrogen-bond donors (Lipinski definition) is 0. The van der Waals surface area contributed by atoms with E-state index in [9.17, 15) is 0 Å². The number of benzene rings is 3. The minimum atomic E-state index is 1.08. The van der Waals surface area contributed by atoms with E-state index < -0.39 is 0 Å². The van der Waals surface area contributed by atoms with E-state index in [1.807, 2.05) is 0 Å². The lowest BCUT2D eigenvalue weighted by atomic mass is 10.0. The van der Waals surface area contributed by atoms with Gasteiger partial charge in [-0.2, -0.15) is 0 Å². The van der Waals surface area contributed by atoms with Gasteiger partial charge in [-0.25, -0.2) is 0 Å². The number of nitrogens with zero attached hydrogens (tertiary/aromatic N) is 1. The van der Waals surface area contributed by atoms with Crippen molar-refractivity contribution in [3.8, 4) is 0 Å². The van der Waals surface area contributed by atoms with Crippen LogP contribution in [0, 0.1) is 0 Å². The van der Waals surface area contributed by atoms with Crippen molar-refractivity contribution < 1.29 is 4.48 Å². The fourth-order valence-corrected chi connectivity index (χ4v) is 6.19. The molecule has 0 heterocycles. The molecule has 1 nitrogen and oxygen atoms in total. The molecule has 0 radical (unpaired) electrons. The molecule has 0 aromatic heterocycles. The van der Waals surface area contributed by atoms with Crippen LogP contribution >= 0.6 is 0 Å². The van der Waals surface area contributed by atoms with Gasteiger partial charge in [-0.05, 0) is 38.5 Å². The molecule has 0 saturated heterocycles. The monoisotopic (exact) mass is 552 g/mol. The van der Waals surface area contributed by atoms with Crippen LogP contribution in [0.4, 0.5) is 0 Å². The van der Waals surface area contributed by atoms with E-state index in [-0.39, 0.29) is 0 Å². The molecule has 0 bridgehead atoms. The number of unbranched alkanes of at least 4 members (excludes halogenated alkanes) is 13. The Kier molecular flexibility index (Phi) is 16.9. The standard InChI is InChI=1S/C40H58N/c1-2-3-4-5-6-7-8-9-10-11-12-13-14-15-16-17-27-34-41(35-38-28-21-18-22-29-38,36-39-30-23-19-24-31-39)37-40-32-25-20-26-33-40/h12-13,18-26,28-33H,2-11,14-17,27,34-37H2,1H3/q+1/b13-12+. The summed E-state index contributed by atoms with van der Waals surface area (Å²) in [7, 11) is 0. The zero-order chi connectivity index (χ0) is 28.7. The smallest absolute Gasteiger partial charge is 0.105 e. The Morgan fingerprint density at radius 1 is 0.415 bits per heavy atom. The summed E-state index contributed by atoms with van der Waals surface area (Å²) in [6, 6.07) is 33.4. The highest BCUT2D eigenvalue weighted by molar-refractivity contribution is 5.17. The van der Waals surface area contributed by atoms with Crippen LogP contribution < -0.4 is 0 Å². The molecule has 41 heavy (non-hydrogen) atoms. The Labute approximate surface area is 253 Å². The van der Waals surface area contributed by atoms with Crippen LogP contribution in [0.2, 0.25) is 0 Å². The number of allylic oxidation sites excluding steroid dienone is 2. The molecular formula is C40H58N+. The summed E-state index contributed by atoms with van der Waals surface area (Å²) in [6.07, 6.45) is 25.4. The Balaban J connectivity index is 1.42. The van der Waals surface area contributed by atoms with E-state index >= 15 is 0 Å². The van der Waals surface area contributed by atoms with Gasteiger partial charge in [-0.1, -0.05) is 168 Å². The number of rotatable bonds is 23. The molecule has 222 valence electrons. The van der Waals surface area contributed by atoms with Crippen molar-refractivity contribution in [2.45, 2.75) is 123 Å². The Bertz CT molecular complexity index is 923. The quantitative estimate of drug-likeness (QED) is 0.0623. The lowest BCUT2D eigenvalue weighted by Crippen LogP contribution is -2.46. The molecule has 0 unspecified atom stereocenters. The lowest BCUT2D eigenvalue weighted by Gasteiger charge is -2.39. The molecular weight excluding hydrogens is 494 g/mol. The van der Waals surface area contributed by atoms with Crippen molar-refractivity contribution in [2.75, 3.05) is 6.54 Å². The van der Waals surface area contributed by atoms with E-state index in [2.05, 4.69) is 110 Å². The first kappa shape index (κ1) is 32.9. The van der Waals surface area contributed by atoms with E-state index in [0.717, 1.165) is 24.1 Å². The largest absolute Gasteiger partial charge is 0.312 e. The van der Waals surface area contributed by atoms with E-state index in [1.165, 1.54) is 120 Å². The average Bonchev–Trinajstić information content (AvgIpc) is 3.00. The Morgan fingerprint density at radius 3 is 1.15 bits per heavy atom. The van der Waals surface area contributed by atoms with Crippen LogP contribution in [0.15, 0.2) is 103 Å². The summed E-state index contributed by atoms with van der Waals surface area (Å²) in [5, 5.41) is 0. The van der Waals surface area contributed by atoms with E-state index in [0.29, 0.717) is 0 Å². The van der Waals surface area contributed by atoms with Gasteiger partial charge in [0.25, 0.3) is 0 Å². The SMILES string of the molecule is CCCCCCCCCCC/C=C/CCCCCC[N+](Cc1ccccc1)(Cc1ccccc1)Cc1ccccc1. The zero-order valence-electron chi connectivity index (χ0n) is 26.2. The highest BCUT2D eigenvalue weighted by Crippen LogP contribution is 2.26. The van der Waals surface area contributed by atoms with Crippen molar-refractivity contribution in [3.63, 3.8) is 0 Å². The predicted molar refractivity (Wildman–Crippen MR) is 180 cm³/mol. The maximum Gasteiger partial charge on any atom is 0.105 e. The van der Waals surface area contributed by atoms with Crippen molar-refractivity contribution >= 4 is 0 Å². The second-order valence-corrected chi connectivity index (χ2v) is 12.3. The van der Waals surface area contributed by atoms with Crippen LogP contribution in [-0.2, 0) is 19.6 Å². The highest BCUT2D eigenvalue weighted by Gasteiger charge is 2.28. The third kappa shape index (κ3) is 14.7. The second kappa shape index (κ2) is 21.1. The van der Waals surface area contributed by atoms with Crippen LogP contribution in [0.1, 0.15) is 120 Å². The van der Waals surface area contributed by atoms with E-state index in [1.54, 1.807) is 0 Å². The van der Waals surface area contributed by atoms with Crippen LogP contribution in [-0.4, -0.2) is 11.0 Å². The van der Waals surface area contributed by atoms with Crippen LogP contribution in [0.25, 0.3) is 0 Å². The summed E-state index contributed by atoms with van der Waals surface area (Å²) in [5.41, 5.74) is 4.32. The molecule has 0 spiro atoms. The van der Waals surface area contributed by atoms with Crippen LogP contribution in [0.5, 0.6) is 0 Å². The summed E-state index contributed by atoms with van der Waals surface area (Å²) in [4.78, 5) is 0. The maximum atomic E-state index is 2.45. The molecule has 0 aliphatic heterocycles. The fraction of sp³-hybridized carbons (Fsp3) is 0.500. The van der Waals surface area contributed by atoms with Gasteiger partial charge in [0.15, 0.2) is 0 Å². The molecule has 1 heteroatoms. The van der Waals surface area contributed by atoms with Crippen molar-refractivity contribution in [1.29, 1.82) is 0 Å². The zero-order valence-corrected chi connectivity index (χ0v) is 26.2. The summed E-state index contributed by atoms with van der Waals surface area (Å²) >= 11 is 0. The topological polar surface area (TPSA) is 0 Å². The highest BCUT2D eigenvalue weighted by atomic mass is 15.3. The fourth-order valence-electron chi connectivity index (χ4n) is 6.19. The molecule has 0 saturated carbocycles. The molecule has 3 aromatic carbocycles. The molecule has 3 aromatic rings. The van der Waals surface area contributed by atoms with Gasteiger partial charge in [-0.3, -0.25) is 0 Å². The first-order chi connectivity index (χ1) is 20.3. The first-order valence-corrected chi connectivity index (χ1v) is 16.9. The first-order valence-electron chi connectivity index (χ1n) is 16.9. The summed E-state index contributed by atoms with van der Waals surface area (Å²) < 4.78 is 1.08. The van der Waals surface area contributed by atoms with Gasteiger partial charge in [0.05, 0.1) is 6.54 Å². The van der Waals surface area contributed by atoms with Gasteiger partial charge in [0.1, 0.15) is 19.6 Å². The molecule has 0 aliphatic carbocycles. The lowest BCUT2D eigenvalue weighted by molar-refractivity contribution is -0.966. The molecule has 0 amide bonds. The second-order valence-electron chi connectivity index (χ2n) is 12.3. The third-order valence-electron chi connectivity index (χ3n) is 8.48. The minimum absolute atomic E-state index is 1.08. The van der Waals surface area contributed by atoms with Gasteiger partial charge >= 0.3 is 0 Å². The summed E-state index contributed by atoms with van der Waals surface area (Å²) in [6.45, 7) is 6.74. The van der Waals surface area contributed by atoms with Crippen LogP contribution in [0.3, 0.4) is 0 Å². The Morgan fingerprint density at radius 2 is 0.756 bits per heavy atom. The predicted octanol–water partition coefficient (Wildman–Crippen LogP) is 11.8. The van der Waals surface area contributed by atoms with Crippen molar-refractivity contribution in [2.24, 2.45) is 0 Å². The molecule has 0 aliphatic rings. The molecule has 0 atom stereocenters. The van der Waals surface area contributed by atoms with Gasteiger partial charge < -0.3 is 4.48 Å². The normalized spacial score (nSPS) is 11.8. The molecule has 0 fully saturated rings. The summed E-state index contributed by atoms with van der Waals surface area (Å²) in [5.74, 6) is 0. The van der Waals surface area contributed by atoms with Gasteiger partial charge in [0, 0.05) is 16.7 Å². The number of hydrogen-bond acceptors (Lipinski definition) is 0. The Hall–Kier alpha value is -2.64. The van der Waals surface area contributed by atoms with Gasteiger partial charge in [-0.15, -0.1) is 0 Å². The third-order valence-corrected chi connectivity index (χ3v) is 8.48. The maximum absolute atomic E-state index is 2.45. The van der Waals surface area contributed by atoms with E-state index in [4.69, 9.17) is 0 Å². The van der Waals surface area contributed by atoms with Crippen molar-refractivity contribution in [1.82, 2.24) is 0 Å².